The third-order valence-corrected chi connectivity index (χ3v) is 8.83. The van der Waals surface area contributed by atoms with Crippen molar-refractivity contribution in [1.29, 1.82) is 0 Å². The van der Waals surface area contributed by atoms with Gasteiger partial charge >= 0.3 is 6.18 Å². The van der Waals surface area contributed by atoms with Gasteiger partial charge in [0.05, 0.1) is 23.5 Å². The van der Waals surface area contributed by atoms with E-state index in [-0.39, 0.29) is 40.1 Å². The van der Waals surface area contributed by atoms with Gasteiger partial charge < -0.3 is 15.4 Å². The fraction of sp³-hybridized carbons (Fsp3) is 0.500. The van der Waals surface area contributed by atoms with Crippen LogP contribution in [0, 0.1) is 11.3 Å². The van der Waals surface area contributed by atoms with Crippen molar-refractivity contribution in [2.75, 3.05) is 24.7 Å². The Hall–Kier alpha value is -2.99. The minimum atomic E-state index is -4.63. The first-order valence-corrected chi connectivity index (χ1v) is 12.9. The quantitative estimate of drug-likeness (QED) is 0.417. The monoisotopic (exact) mass is 569 g/mol. The van der Waals surface area contributed by atoms with Crippen LogP contribution in [0.25, 0.3) is 5.65 Å². The van der Waals surface area contributed by atoms with E-state index in [0.717, 1.165) is 11.4 Å². The van der Waals surface area contributed by atoms with Gasteiger partial charge in [0.2, 0.25) is 5.91 Å². The zero-order chi connectivity index (χ0) is 28.0. The summed E-state index contributed by atoms with van der Waals surface area (Å²) < 4.78 is 80.2. The Morgan fingerprint density at radius 3 is 2.49 bits per heavy atom. The zero-order valence-electron chi connectivity index (χ0n) is 20.8. The molecule has 1 amide bonds. The first-order chi connectivity index (χ1) is 18.3. The molecule has 2 fully saturated rings. The number of primary amides is 1. The Labute approximate surface area is 225 Å². The normalized spacial score (nSPS) is 28.6. The molecule has 208 valence electrons. The van der Waals surface area contributed by atoms with Crippen molar-refractivity contribution in [3.63, 3.8) is 0 Å². The largest absolute Gasteiger partial charge is 0.401 e. The van der Waals surface area contributed by atoms with Crippen molar-refractivity contribution in [1.82, 2.24) is 14.6 Å². The Kier molecular flexibility index (Phi) is 5.72. The van der Waals surface area contributed by atoms with Crippen molar-refractivity contribution in [3.8, 4) is 0 Å². The average Bonchev–Trinajstić information content (AvgIpc) is 3.13. The molecule has 3 aromatic rings. The number of nitrogens with two attached hydrogens (primary N) is 1. The number of halogens is 6. The molecule has 1 saturated heterocycles. The van der Waals surface area contributed by atoms with Crippen molar-refractivity contribution in [2.24, 2.45) is 17.1 Å². The Bertz CT molecular complexity index is 1460. The van der Waals surface area contributed by atoms with Gasteiger partial charge in [-0.25, -0.2) is 18.3 Å². The lowest BCUT2D eigenvalue weighted by Gasteiger charge is -2.28. The molecule has 6 rings (SSSR count). The average molecular weight is 570 g/mol. The van der Waals surface area contributed by atoms with Gasteiger partial charge in [0.25, 0.3) is 5.92 Å². The molecule has 0 bridgehead atoms. The molecular formula is C26H25ClF5N5O2. The highest BCUT2D eigenvalue weighted by Gasteiger charge is 2.84. The maximum atomic E-state index is 15.3. The zero-order valence-corrected chi connectivity index (χ0v) is 21.6. The SMILES string of the molecule is C[C@@]1(C(F)(F)F)CN(c2ccc([C@H]3C(F)(F)[C@]3(CC3CCOCC3)C(N)=O)cc2)c2cnc3cc(Cl)nn3c21. The van der Waals surface area contributed by atoms with Crippen molar-refractivity contribution < 1.29 is 31.5 Å². The second-order valence-corrected chi connectivity index (χ2v) is 11.3. The van der Waals surface area contributed by atoms with Crippen LogP contribution in [0.15, 0.2) is 36.5 Å². The maximum Gasteiger partial charge on any atom is 0.401 e. The van der Waals surface area contributed by atoms with Crippen LogP contribution in [-0.2, 0) is 14.9 Å². The molecule has 1 aromatic carbocycles. The highest BCUT2D eigenvalue weighted by Crippen LogP contribution is 2.74. The predicted octanol–water partition coefficient (Wildman–Crippen LogP) is 5.38. The van der Waals surface area contributed by atoms with E-state index in [9.17, 15) is 18.0 Å². The molecule has 0 unspecified atom stereocenters. The third kappa shape index (κ3) is 3.67. The van der Waals surface area contributed by atoms with Gasteiger partial charge in [-0.2, -0.15) is 18.3 Å². The van der Waals surface area contributed by atoms with Crippen LogP contribution in [-0.4, -0.2) is 52.4 Å². The standard InChI is InChI=1S/C26H25ClF5N5O2/c1-23(26(30,31)32)13-36(17-12-34-19-10-18(27)35-37(19)21(17)23)16-4-2-15(3-5-16)20-24(22(33)38,25(20,28)29)11-14-6-8-39-9-7-14/h2-5,10,12,14,20H,6-9,11,13H2,1H3,(H2,33,38)/t20-,23-,24+/m1/s1. The molecule has 39 heavy (non-hydrogen) atoms. The van der Waals surface area contributed by atoms with E-state index in [4.69, 9.17) is 22.1 Å². The molecule has 0 spiro atoms. The van der Waals surface area contributed by atoms with Crippen LogP contribution in [0.5, 0.6) is 0 Å². The highest BCUT2D eigenvalue weighted by atomic mass is 35.5. The summed E-state index contributed by atoms with van der Waals surface area (Å²) in [5, 5.41) is 4.03. The molecule has 2 N–H and O–H groups in total. The molecule has 1 aliphatic carbocycles. The second kappa shape index (κ2) is 8.50. The number of benzene rings is 1. The number of amides is 1. The summed E-state index contributed by atoms with van der Waals surface area (Å²) in [5.74, 6) is -5.89. The summed E-state index contributed by atoms with van der Waals surface area (Å²) in [6.45, 7) is 1.50. The molecule has 2 aliphatic heterocycles. The number of alkyl halides is 5. The minimum absolute atomic E-state index is 0.00674. The van der Waals surface area contributed by atoms with E-state index < -0.39 is 41.3 Å². The molecular weight excluding hydrogens is 545 g/mol. The van der Waals surface area contributed by atoms with Gasteiger partial charge in [0.1, 0.15) is 10.8 Å². The van der Waals surface area contributed by atoms with Crippen LogP contribution in [0.2, 0.25) is 5.15 Å². The van der Waals surface area contributed by atoms with E-state index in [1.165, 1.54) is 41.4 Å². The fourth-order valence-corrected chi connectivity index (χ4v) is 6.58. The highest BCUT2D eigenvalue weighted by molar-refractivity contribution is 6.29. The molecule has 0 radical (unpaired) electrons. The van der Waals surface area contributed by atoms with Crippen LogP contribution in [0.1, 0.15) is 43.4 Å². The number of aromatic nitrogens is 3. The number of fused-ring (bicyclic) bond motifs is 3. The van der Waals surface area contributed by atoms with Crippen LogP contribution >= 0.6 is 11.6 Å². The van der Waals surface area contributed by atoms with Crippen molar-refractivity contribution in [2.45, 2.75) is 49.6 Å². The molecule has 3 atom stereocenters. The number of hydrogen-bond acceptors (Lipinski definition) is 5. The second-order valence-electron chi connectivity index (χ2n) is 10.9. The number of anilines is 2. The number of ether oxygens (including phenoxy) is 1. The van der Waals surface area contributed by atoms with Gasteiger partial charge in [-0.1, -0.05) is 23.7 Å². The summed E-state index contributed by atoms with van der Waals surface area (Å²) in [6.07, 6.45) is -2.19. The van der Waals surface area contributed by atoms with Crippen LogP contribution in [0.3, 0.4) is 0 Å². The number of rotatable bonds is 5. The van der Waals surface area contributed by atoms with Crippen molar-refractivity contribution in [3.05, 3.63) is 52.9 Å². The first-order valence-electron chi connectivity index (χ1n) is 12.6. The summed E-state index contributed by atoms with van der Waals surface area (Å²) >= 11 is 5.96. The summed E-state index contributed by atoms with van der Waals surface area (Å²) in [6, 6.07) is 7.20. The van der Waals surface area contributed by atoms with Gasteiger partial charge in [-0.3, -0.25) is 4.79 Å². The molecule has 2 aromatic heterocycles. The topological polar surface area (TPSA) is 85.8 Å². The summed E-state index contributed by atoms with van der Waals surface area (Å²) in [5.41, 5.74) is 2.05. The van der Waals surface area contributed by atoms with Crippen LogP contribution < -0.4 is 10.6 Å². The fourth-order valence-electron chi connectivity index (χ4n) is 6.41. The number of carbonyl (C=O) groups is 1. The smallest absolute Gasteiger partial charge is 0.381 e. The lowest BCUT2D eigenvalue weighted by atomic mass is 9.83. The van der Waals surface area contributed by atoms with Crippen LogP contribution in [0.4, 0.5) is 33.3 Å². The maximum absolute atomic E-state index is 15.3. The van der Waals surface area contributed by atoms with Crippen molar-refractivity contribution >= 4 is 34.5 Å². The van der Waals surface area contributed by atoms with Gasteiger partial charge in [0.15, 0.2) is 10.8 Å². The first kappa shape index (κ1) is 26.2. The Morgan fingerprint density at radius 1 is 1.21 bits per heavy atom. The summed E-state index contributed by atoms with van der Waals surface area (Å²) in [4.78, 5) is 18.1. The molecule has 1 saturated carbocycles. The lowest BCUT2D eigenvalue weighted by Crippen LogP contribution is -2.43. The van der Waals surface area contributed by atoms with E-state index in [0.29, 0.717) is 31.7 Å². The molecule has 7 nitrogen and oxygen atoms in total. The van der Waals surface area contributed by atoms with Gasteiger partial charge in [-0.15, -0.1) is 0 Å². The number of carbonyl (C=O) groups excluding carboxylic acids is 1. The Morgan fingerprint density at radius 2 is 1.87 bits per heavy atom. The summed E-state index contributed by atoms with van der Waals surface area (Å²) in [7, 11) is 0. The lowest BCUT2D eigenvalue weighted by molar-refractivity contribution is -0.181. The van der Waals surface area contributed by atoms with Gasteiger partial charge in [0, 0.05) is 31.5 Å². The van der Waals surface area contributed by atoms with E-state index >= 15 is 8.78 Å². The minimum Gasteiger partial charge on any atom is -0.381 e. The van der Waals surface area contributed by atoms with E-state index in [2.05, 4.69) is 10.1 Å². The Balaban J connectivity index is 1.35. The molecule has 3 aliphatic rings. The van der Waals surface area contributed by atoms with E-state index in [1.807, 2.05) is 0 Å². The molecule has 13 heteroatoms. The molecule has 4 heterocycles. The van der Waals surface area contributed by atoms with Gasteiger partial charge in [-0.05, 0) is 49.8 Å². The van der Waals surface area contributed by atoms with E-state index in [1.54, 1.807) is 0 Å². The third-order valence-electron chi connectivity index (χ3n) is 8.64. The predicted molar refractivity (Wildman–Crippen MR) is 132 cm³/mol. The number of hydrogen-bond donors (Lipinski definition) is 1. The number of nitrogens with zero attached hydrogens (tertiary/aromatic N) is 4.